The van der Waals surface area contributed by atoms with E-state index in [1.807, 2.05) is 4.57 Å². The summed E-state index contributed by atoms with van der Waals surface area (Å²) in [6, 6.07) is 5.39. The van der Waals surface area contributed by atoms with Crippen LogP contribution in [0, 0.1) is 5.82 Å². The van der Waals surface area contributed by atoms with Gasteiger partial charge in [-0.15, -0.1) is 0 Å². The van der Waals surface area contributed by atoms with Crippen molar-refractivity contribution in [2.45, 2.75) is 51.5 Å². The average molecular weight is 493 g/mol. The van der Waals surface area contributed by atoms with Crippen LogP contribution in [0.1, 0.15) is 49.6 Å². The summed E-state index contributed by atoms with van der Waals surface area (Å²) < 4.78 is 22.8. The van der Waals surface area contributed by atoms with Crippen molar-refractivity contribution in [1.29, 1.82) is 0 Å². The molecule has 3 aliphatic rings. The quantitative estimate of drug-likeness (QED) is 0.426. The Labute approximate surface area is 204 Å². The fraction of sp³-hybridized carbons (Fsp3) is 0.385. The molecule has 10 heteroatoms. The maximum absolute atomic E-state index is 14.3. The van der Waals surface area contributed by atoms with Crippen molar-refractivity contribution in [3.8, 4) is 11.3 Å². The van der Waals surface area contributed by atoms with Crippen molar-refractivity contribution in [3.63, 3.8) is 0 Å². The Kier molecular flexibility index (Phi) is 4.79. The molecule has 6 rings (SSSR count). The lowest BCUT2D eigenvalue weighted by Crippen LogP contribution is -2.44. The SMILES string of the molecule is CC[C@@]1(O)C(=O)OCc2c1cc1n(c2=O)Cc2c-1c(=O)c1cc(F)ccc1n2[C@@H]1CCN(C(C)=O)C1. The van der Waals surface area contributed by atoms with E-state index in [0.29, 0.717) is 30.7 Å². The number of hydrogen-bond acceptors (Lipinski definition) is 6. The molecule has 1 fully saturated rings. The normalized spacial score (nSPS) is 22.4. The molecule has 0 spiro atoms. The second-order valence-electron chi connectivity index (χ2n) is 9.69. The number of hydrogen-bond donors (Lipinski definition) is 1. The summed E-state index contributed by atoms with van der Waals surface area (Å²) in [6.07, 6.45) is 0.631. The van der Waals surface area contributed by atoms with Gasteiger partial charge >= 0.3 is 5.97 Å². The van der Waals surface area contributed by atoms with E-state index in [4.69, 9.17) is 4.74 Å². The lowest BCUT2D eigenvalue weighted by molar-refractivity contribution is -0.172. The molecule has 186 valence electrons. The van der Waals surface area contributed by atoms with E-state index in [0.717, 1.165) is 0 Å². The number of pyridine rings is 2. The molecule has 1 saturated heterocycles. The van der Waals surface area contributed by atoms with Gasteiger partial charge in [-0.2, -0.15) is 0 Å². The van der Waals surface area contributed by atoms with E-state index < -0.39 is 28.4 Å². The summed E-state index contributed by atoms with van der Waals surface area (Å²) in [7, 11) is 0. The lowest BCUT2D eigenvalue weighted by atomic mass is 9.85. The van der Waals surface area contributed by atoms with Crippen LogP contribution in [0.4, 0.5) is 4.39 Å². The number of fused-ring (bicyclic) bond motifs is 5. The van der Waals surface area contributed by atoms with E-state index in [9.17, 15) is 28.7 Å². The lowest BCUT2D eigenvalue weighted by Gasteiger charge is -2.31. The molecule has 9 nitrogen and oxygen atoms in total. The molecular formula is C26H24FN3O6. The zero-order valence-electron chi connectivity index (χ0n) is 19.8. The largest absolute Gasteiger partial charge is 0.458 e. The van der Waals surface area contributed by atoms with Crippen molar-refractivity contribution >= 4 is 22.8 Å². The zero-order chi connectivity index (χ0) is 25.5. The first kappa shape index (κ1) is 22.7. The number of nitrogens with zero attached hydrogens (tertiary/aromatic N) is 3. The maximum atomic E-state index is 14.3. The fourth-order valence-electron chi connectivity index (χ4n) is 5.92. The molecule has 36 heavy (non-hydrogen) atoms. The topological polar surface area (TPSA) is 111 Å². The summed E-state index contributed by atoms with van der Waals surface area (Å²) >= 11 is 0. The number of aliphatic hydroxyl groups is 1. The van der Waals surface area contributed by atoms with Crippen molar-refractivity contribution < 1.29 is 23.8 Å². The minimum Gasteiger partial charge on any atom is -0.458 e. The Morgan fingerprint density at radius 3 is 2.72 bits per heavy atom. The number of aromatic nitrogens is 2. The van der Waals surface area contributed by atoms with Gasteiger partial charge in [-0.1, -0.05) is 6.92 Å². The van der Waals surface area contributed by atoms with E-state index in [1.165, 1.54) is 29.7 Å². The minimum absolute atomic E-state index is 0.00922. The van der Waals surface area contributed by atoms with Crippen LogP contribution in [0.2, 0.25) is 0 Å². The monoisotopic (exact) mass is 493 g/mol. The molecule has 1 aromatic carbocycles. The maximum Gasteiger partial charge on any atom is 0.343 e. The summed E-state index contributed by atoms with van der Waals surface area (Å²) in [6.45, 7) is 3.92. The first-order valence-corrected chi connectivity index (χ1v) is 11.9. The molecule has 2 atom stereocenters. The van der Waals surface area contributed by atoms with Crippen LogP contribution >= 0.6 is 0 Å². The molecule has 0 saturated carbocycles. The first-order chi connectivity index (χ1) is 17.2. The Bertz CT molecular complexity index is 1620. The van der Waals surface area contributed by atoms with Gasteiger partial charge in [0, 0.05) is 31.0 Å². The molecule has 0 unspecified atom stereocenters. The Morgan fingerprint density at radius 1 is 1.25 bits per heavy atom. The summed E-state index contributed by atoms with van der Waals surface area (Å²) in [5.41, 5.74) is -0.926. The predicted molar refractivity (Wildman–Crippen MR) is 127 cm³/mol. The van der Waals surface area contributed by atoms with Crippen molar-refractivity contribution in [2.24, 2.45) is 0 Å². The number of benzene rings is 1. The van der Waals surface area contributed by atoms with Gasteiger partial charge in [-0.05, 0) is 37.1 Å². The van der Waals surface area contributed by atoms with Gasteiger partial charge in [0.25, 0.3) is 5.56 Å². The van der Waals surface area contributed by atoms with E-state index >= 15 is 0 Å². The summed E-state index contributed by atoms with van der Waals surface area (Å²) in [4.78, 5) is 53.5. The molecule has 0 aliphatic carbocycles. The molecule has 5 heterocycles. The van der Waals surface area contributed by atoms with Gasteiger partial charge < -0.3 is 23.9 Å². The number of halogens is 1. The number of cyclic esters (lactones) is 1. The third-order valence-electron chi connectivity index (χ3n) is 7.85. The van der Waals surface area contributed by atoms with Gasteiger partial charge in [0.2, 0.25) is 5.91 Å². The highest BCUT2D eigenvalue weighted by Gasteiger charge is 2.46. The third-order valence-corrected chi connectivity index (χ3v) is 7.85. The Balaban J connectivity index is 1.66. The van der Waals surface area contributed by atoms with Gasteiger partial charge in [-0.3, -0.25) is 14.4 Å². The minimum atomic E-state index is -2.00. The van der Waals surface area contributed by atoms with Gasteiger partial charge in [0.1, 0.15) is 12.4 Å². The van der Waals surface area contributed by atoms with Gasteiger partial charge in [0.05, 0.1) is 40.6 Å². The van der Waals surface area contributed by atoms with Crippen LogP contribution in [0.5, 0.6) is 0 Å². The Morgan fingerprint density at radius 2 is 2.03 bits per heavy atom. The predicted octanol–water partition coefficient (Wildman–Crippen LogP) is 1.78. The number of amides is 1. The standard InChI is InChI=1S/C26H24FN3O6/c1-3-26(35)18-9-20-22-21(11-29(20)24(33)17(18)12-36-25(26)34)30(15-6-7-28(10-15)13(2)31)19-5-4-14(27)8-16(19)23(22)32/h4-5,8-9,15,35H,3,6-7,10-12H2,1-2H3/t15-,26+/m1/s1. The smallest absolute Gasteiger partial charge is 0.343 e. The molecule has 2 aromatic heterocycles. The number of esters is 1. The number of likely N-dealkylation sites (tertiary alicyclic amines) is 1. The highest BCUT2D eigenvalue weighted by Crippen LogP contribution is 2.40. The molecular weight excluding hydrogens is 469 g/mol. The van der Waals surface area contributed by atoms with Crippen LogP contribution in [0.3, 0.4) is 0 Å². The highest BCUT2D eigenvalue weighted by atomic mass is 19.1. The third kappa shape index (κ3) is 2.90. The van der Waals surface area contributed by atoms with Crippen LogP contribution in [0.15, 0.2) is 33.9 Å². The second-order valence-corrected chi connectivity index (χ2v) is 9.69. The summed E-state index contributed by atoms with van der Waals surface area (Å²) in [5, 5.41) is 11.3. The molecule has 3 aromatic rings. The van der Waals surface area contributed by atoms with Crippen LogP contribution in [0.25, 0.3) is 22.2 Å². The first-order valence-electron chi connectivity index (χ1n) is 11.9. The van der Waals surface area contributed by atoms with Crippen LogP contribution in [-0.2, 0) is 33.1 Å². The van der Waals surface area contributed by atoms with E-state index in [1.54, 1.807) is 17.9 Å². The fourth-order valence-corrected chi connectivity index (χ4v) is 5.92. The van der Waals surface area contributed by atoms with Crippen LogP contribution in [-0.4, -0.2) is 44.1 Å². The van der Waals surface area contributed by atoms with Gasteiger partial charge in [0.15, 0.2) is 11.0 Å². The molecule has 0 bridgehead atoms. The van der Waals surface area contributed by atoms with Crippen molar-refractivity contribution in [1.82, 2.24) is 14.0 Å². The number of rotatable bonds is 2. The number of carbonyl (C=O) groups excluding carboxylic acids is 2. The van der Waals surface area contributed by atoms with E-state index in [2.05, 4.69) is 0 Å². The van der Waals surface area contributed by atoms with Crippen molar-refractivity contribution in [2.75, 3.05) is 13.1 Å². The molecule has 0 radical (unpaired) electrons. The van der Waals surface area contributed by atoms with Crippen LogP contribution < -0.4 is 11.0 Å². The molecule has 3 aliphatic heterocycles. The zero-order valence-corrected chi connectivity index (χ0v) is 19.8. The van der Waals surface area contributed by atoms with Crippen molar-refractivity contribution in [3.05, 3.63) is 67.5 Å². The second kappa shape index (κ2) is 7.60. The molecule has 1 amide bonds. The van der Waals surface area contributed by atoms with E-state index in [-0.39, 0.29) is 59.3 Å². The summed E-state index contributed by atoms with van der Waals surface area (Å²) in [5.74, 6) is -1.46. The van der Waals surface area contributed by atoms with Gasteiger partial charge in [-0.25, -0.2) is 9.18 Å². The highest BCUT2D eigenvalue weighted by molar-refractivity contribution is 5.88. The molecule has 1 N–H and O–H groups in total. The average Bonchev–Trinajstić information content (AvgIpc) is 3.49. The Hall–Kier alpha value is -3.79. The number of carbonyl (C=O) groups is 2. The number of ether oxygens (including phenoxy) is 1.